The number of hydrogen-bond donors (Lipinski definition) is 1. The maximum Gasteiger partial charge on any atom is 0.325 e. The molecule has 1 spiro atoms. The summed E-state index contributed by atoms with van der Waals surface area (Å²) in [5, 5.41) is 6.84. The van der Waals surface area contributed by atoms with Gasteiger partial charge in [-0.2, -0.15) is 0 Å². The molecule has 9 nitrogen and oxygen atoms in total. The molecule has 3 aromatic rings. The fraction of sp³-hybridized carbons (Fsp3) is 0.304. The minimum Gasteiger partial charge on any atom is -0.493 e. The molecular weight excluding hydrogens is 412 g/mol. The third-order valence-corrected chi connectivity index (χ3v) is 6.14. The summed E-state index contributed by atoms with van der Waals surface area (Å²) in [6, 6.07) is 10.1. The van der Waals surface area contributed by atoms with Crippen LogP contribution in [0.3, 0.4) is 0 Å². The SMILES string of the molecule is Cc1cc(-n2c(C)cc(C(=O)CN3C(=O)N[C@]4(CCOc5ccccc54)C3=O)c2C)no1. The number of hydrogen-bond acceptors (Lipinski definition) is 6. The fourth-order valence-electron chi connectivity index (χ4n) is 4.60. The summed E-state index contributed by atoms with van der Waals surface area (Å²) in [6.07, 6.45) is 0.305. The summed E-state index contributed by atoms with van der Waals surface area (Å²) in [5.74, 6) is 1.02. The molecule has 164 valence electrons. The lowest BCUT2D eigenvalue weighted by atomic mass is 9.84. The van der Waals surface area contributed by atoms with E-state index in [-0.39, 0.29) is 12.3 Å². The zero-order valence-electron chi connectivity index (χ0n) is 18.0. The highest BCUT2D eigenvalue weighted by atomic mass is 16.5. The zero-order valence-corrected chi connectivity index (χ0v) is 18.0. The van der Waals surface area contributed by atoms with E-state index >= 15 is 0 Å². The second-order valence-electron chi connectivity index (χ2n) is 8.16. The summed E-state index contributed by atoms with van der Waals surface area (Å²) in [6.45, 7) is 5.39. The topological polar surface area (TPSA) is 107 Å². The van der Waals surface area contributed by atoms with Gasteiger partial charge >= 0.3 is 6.03 Å². The van der Waals surface area contributed by atoms with Crippen molar-refractivity contribution in [3.63, 3.8) is 0 Å². The molecule has 2 aliphatic rings. The van der Waals surface area contributed by atoms with Gasteiger partial charge in [0.15, 0.2) is 17.1 Å². The molecule has 1 atom stereocenters. The van der Waals surface area contributed by atoms with Crippen LogP contribution in [0.25, 0.3) is 5.82 Å². The molecule has 0 radical (unpaired) electrons. The van der Waals surface area contributed by atoms with E-state index in [9.17, 15) is 14.4 Å². The van der Waals surface area contributed by atoms with Gasteiger partial charge in [0.2, 0.25) is 0 Å². The molecule has 3 amide bonds. The van der Waals surface area contributed by atoms with Gasteiger partial charge < -0.3 is 14.6 Å². The molecule has 1 saturated heterocycles. The molecule has 0 bridgehead atoms. The first-order chi connectivity index (χ1) is 15.3. The number of para-hydroxylation sites is 1. The van der Waals surface area contributed by atoms with Crippen molar-refractivity contribution in [2.45, 2.75) is 32.7 Å². The Morgan fingerprint density at radius 2 is 1.97 bits per heavy atom. The Morgan fingerprint density at radius 3 is 2.72 bits per heavy atom. The van der Waals surface area contributed by atoms with Gasteiger partial charge in [0.25, 0.3) is 5.91 Å². The number of carbonyl (C=O) groups is 3. The molecule has 1 aromatic carbocycles. The number of fused-ring (bicyclic) bond motifs is 2. The van der Waals surface area contributed by atoms with Crippen LogP contribution in [-0.4, -0.2) is 45.5 Å². The molecule has 0 saturated carbocycles. The first-order valence-corrected chi connectivity index (χ1v) is 10.3. The number of nitrogens with one attached hydrogen (secondary N) is 1. The van der Waals surface area contributed by atoms with Crippen LogP contribution in [0.5, 0.6) is 5.75 Å². The molecule has 1 fully saturated rings. The number of aryl methyl sites for hydroxylation is 2. The van der Waals surface area contributed by atoms with Crippen molar-refractivity contribution in [1.82, 2.24) is 19.9 Å². The van der Waals surface area contributed by atoms with Crippen LogP contribution in [0.1, 0.15) is 39.5 Å². The van der Waals surface area contributed by atoms with Crippen LogP contribution in [-0.2, 0) is 10.3 Å². The molecule has 2 aliphatic heterocycles. The van der Waals surface area contributed by atoms with Crippen molar-refractivity contribution in [2.24, 2.45) is 0 Å². The molecule has 0 aliphatic carbocycles. The number of rotatable bonds is 4. The number of ketones is 1. The highest BCUT2D eigenvalue weighted by molar-refractivity contribution is 6.12. The third-order valence-electron chi connectivity index (χ3n) is 6.14. The van der Waals surface area contributed by atoms with Gasteiger partial charge in [-0.1, -0.05) is 23.4 Å². The van der Waals surface area contributed by atoms with Crippen LogP contribution in [0.15, 0.2) is 40.9 Å². The van der Waals surface area contributed by atoms with E-state index in [1.54, 1.807) is 44.2 Å². The third kappa shape index (κ3) is 2.84. The summed E-state index contributed by atoms with van der Waals surface area (Å²) >= 11 is 0. The molecule has 2 aromatic heterocycles. The van der Waals surface area contributed by atoms with E-state index in [0.29, 0.717) is 47.2 Å². The van der Waals surface area contributed by atoms with Crippen LogP contribution in [0, 0.1) is 20.8 Å². The van der Waals surface area contributed by atoms with Crippen LogP contribution >= 0.6 is 0 Å². The minimum atomic E-state index is -1.21. The first-order valence-electron chi connectivity index (χ1n) is 10.3. The Morgan fingerprint density at radius 1 is 1.19 bits per heavy atom. The zero-order chi connectivity index (χ0) is 22.6. The first kappa shape index (κ1) is 20.0. The van der Waals surface area contributed by atoms with E-state index < -0.39 is 17.5 Å². The van der Waals surface area contributed by atoms with Crippen LogP contribution < -0.4 is 10.1 Å². The van der Waals surface area contributed by atoms with Crippen LogP contribution in [0.2, 0.25) is 0 Å². The quantitative estimate of drug-likeness (QED) is 0.500. The van der Waals surface area contributed by atoms with Gasteiger partial charge in [-0.3, -0.25) is 19.1 Å². The Balaban J connectivity index is 1.44. The fourth-order valence-corrected chi connectivity index (χ4v) is 4.60. The molecule has 9 heteroatoms. The van der Waals surface area contributed by atoms with Gasteiger partial charge in [0.05, 0.1) is 13.2 Å². The average molecular weight is 434 g/mol. The summed E-state index contributed by atoms with van der Waals surface area (Å²) in [4.78, 5) is 40.4. The maximum absolute atomic E-state index is 13.4. The van der Waals surface area contributed by atoms with Crippen molar-refractivity contribution < 1.29 is 23.6 Å². The number of imide groups is 1. The molecule has 5 rings (SSSR count). The van der Waals surface area contributed by atoms with Gasteiger partial charge in [-0.25, -0.2) is 4.79 Å². The second-order valence-corrected chi connectivity index (χ2v) is 8.16. The number of urea groups is 1. The monoisotopic (exact) mass is 434 g/mol. The van der Waals surface area contributed by atoms with Crippen molar-refractivity contribution >= 4 is 17.7 Å². The van der Waals surface area contributed by atoms with Gasteiger partial charge in [0.1, 0.15) is 11.5 Å². The second kappa shape index (κ2) is 7.08. The van der Waals surface area contributed by atoms with E-state index in [1.165, 1.54) is 0 Å². The van der Waals surface area contributed by atoms with Gasteiger partial charge in [-0.15, -0.1) is 0 Å². The number of Topliss-reactive ketones (excluding diaryl/α,β-unsaturated/α-hetero) is 1. The van der Waals surface area contributed by atoms with E-state index in [4.69, 9.17) is 9.26 Å². The summed E-state index contributed by atoms with van der Waals surface area (Å²) < 4.78 is 12.6. The number of aromatic nitrogens is 2. The Hall–Kier alpha value is -3.88. The number of carbonyl (C=O) groups excluding carboxylic acids is 3. The van der Waals surface area contributed by atoms with Crippen LogP contribution in [0.4, 0.5) is 4.79 Å². The summed E-state index contributed by atoms with van der Waals surface area (Å²) in [5.41, 5.74) is 1.29. The minimum absolute atomic E-state index is 0.295. The van der Waals surface area contributed by atoms with Crippen molar-refractivity contribution in [2.75, 3.05) is 13.2 Å². The van der Waals surface area contributed by atoms with E-state index in [1.807, 2.05) is 17.6 Å². The molecule has 1 N–H and O–H groups in total. The average Bonchev–Trinajstić information content (AvgIpc) is 3.39. The van der Waals surface area contributed by atoms with Crippen molar-refractivity contribution in [3.8, 4) is 11.6 Å². The molecular formula is C23H22N4O5. The number of nitrogens with zero attached hydrogens (tertiary/aromatic N) is 3. The lowest BCUT2D eigenvalue weighted by Crippen LogP contribution is -2.47. The Labute approximate surface area is 183 Å². The van der Waals surface area contributed by atoms with E-state index in [0.717, 1.165) is 10.6 Å². The van der Waals surface area contributed by atoms with Gasteiger partial charge in [0, 0.05) is 35.0 Å². The van der Waals surface area contributed by atoms with Crippen molar-refractivity contribution in [3.05, 3.63) is 64.7 Å². The Bertz CT molecular complexity index is 1270. The smallest absolute Gasteiger partial charge is 0.325 e. The predicted octanol–water partition coefficient (Wildman–Crippen LogP) is 2.80. The lowest BCUT2D eigenvalue weighted by Gasteiger charge is -2.33. The standard InChI is InChI=1S/C23H22N4O5/c1-13-10-16(15(3)27(13)20-11-14(2)32-25-20)18(28)12-26-21(29)23(24-22(26)30)8-9-31-19-7-5-4-6-17(19)23/h4-7,10-11H,8-9,12H2,1-3H3,(H,24,30)/t23-/m0/s1. The molecule has 4 heterocycles. The maximum atomic E-state index is 13.4. The van der Waals surface area contributed by atoms with Crippen molar-refractivity contribution in [1.29, 1.82) is 0 Å². The molecule has 0 unspecified atom stereocenters. The molecule has 32 heavy (non-hydrogen) atoms. The number of ether oxygens (including phenoxy) is 1. The Kier molecular flexibility index (Phi) is 4.44. The highest BCUT2D eigenvalue weighted by Crippen LogP contribution is 2.41. The van der Waals surface area contributed by atoms with Gasteiger partial charge in [-0.05, 0) is 32.9 Å². The van der Waals surface area contributed by atoms with E-state index in [2.05, 4.69) is 10.5 Å². The largest absolute Gasteiger partial charge is 0.493 e. The lowest BCUT2D eigenvalue weighted by molar-refractivity contribution is -0.132. The highest BCUT2D eigenvalue weighted by Gasteiger charge is 2.55. The number of benzene rings is 1. The summed E-state index contributed by atoms with van der Waals surface area (Å²) in [7, 11) is 0. The normalized spacial score (nSPS) is 19.8. The predicted molar refractivity (Wildman–Crippen MR) is 113 cm³/mol. The number of amides is 3.